The minimum absolute atomic E-state index is 0.0622. The zero-order chi connectivity index (χ0) is 35.3. The van der Waals surface area contributed by atoms with Crippen molar-refractivity contribution in [3.63, 3.8) is 0 Å². The van der Waals surface area contributed by atoms with Crippen molar-refractivity contribution >= 4 is 35.9 Å². The van der Waals surface area contributed by atoms with Gasteiger partial charge in [-0.1, -0.05) is 39.0 Å². The number of aromatic nitrogens is 1. The summed E-state index contributed by atoms with van der Waals surface area (Å²) in [6.45, 7) is 15.7. The molecular formula is C38H44N8O3. The molecule has 0 saturated carbocycles. The number of amides is 1. The Kier molecular flexibility index (Phi) is 10.6. The van der Waals surface area contributed by atoms with Crippen molar-refractivity contribution in [3.05, 3.63) is 95.7 Å². The molecule has 3 aromatic rings. The lowest BCUT2D eigenvalue weighted by molar-refractivity contribution is 0.0628. The molecule has 254 valence electrons. The number of nitrogens with two attached hydrogens (primary N) is 1. The van der Waals surface area contributed by atoms with Crippen molar-refractivity contribution in [1.82, 2.24) is 14.8 Å². The van der Waals surface area contributed by atoms with Gasteiger partial charge in [-0.2, -0.15) is 5.26 Å². The number of rotatable bonds is 7. The Morgan fingerprint density at radius 1 is 1.12 bits per heavy atom. The second kappa shape index (κ2) is 14.8. The van der Waals surface area contributed by atoms with E-state index < -0.39 is 11.5 Å². The zero-order valence-corrected chi connectivity index (χ0v) is 28.5. The number of aliphatic imine (C=N–C) groups is 2. The first-order valence-electron chi connectivity index (χ1n) is 16.5. The highest BCUT2D eigenvalue weighted by Crippen LogP contribution is 2.41. The fourth-order valence-corrected chi connectivity index (χ4v) is 6.51. The molecule has 5 atom stereocenters. The summed E-state index contributed by atoms with van der Waals surface area (Å²) in [6.07, 6.45) is 5.74. The van der Waals surface area contributed by atoms with E-state index in [9.17, 15) is 20.0 Å². The van der Waals surface area contributed by atoms with E-state index in [1.807, 2.05) is 42.2 Å². The van der Waals surface area contributed by atoms with Gasteiger partial charge in [-0.25, -0.2) is 4.98 Å². The standard InChI is InChI=1S/C38H44N8O3/c1-6-38(5)26(3)25(2)27(4)43-36(32-8-7-15-41-35(32)40)46(24-42-34(38)21-39)31-13-9-28(10-14-31)22-44-16-18-45(19-17-44)37(49)29-11-12-30(23-47)33(48)20-29/h6-15,20,23-27,34,48H,1,16-19,22H2,2-5H3,(H2,40,41)/b42-24+,43-36-/t25-,26-,27?,34?,38?/m1/s1. The molecule has 11 nitrogen and oxygen atoms in total. The molecule has 0 bridgehead atoms. The first-order valence-corrected chi connectivity index (χ1v) is 16.5. The molecule has 3 N–H and O–H groups in total. The van der Waals surface area contributed by atoms with Crippen LogP contribution in [0, 0.1) is 28.6 Å². The van der Waals surface area contributed by atoms with E-state index in [2.05, 4.69) is 55.4 Å². The molecule has 2 aliphatic rings. The Morgan fingerprint density at radius 2 is 1.84 bits per heavy atom. The fraction of sp³-hybridized carbons (Fsp3) is 0.368. The summed E-state index contributed by atoms with van der Waals surface area (Å²) in [5, 5.41) is 20.3. The number of hydrogen-bond donors (Lipinski definition) is 2. The van der Waals surface area contributed by atoms with Crippen LogP contribution in [0.15, 0.2) is 83.4 Å². The van der Waals surface area contributed by atoms with Crippen LogP contribution in [0.4, 0.5) is 11.5 Å². The van der Waals surface area contributed by atoms with Crippen molar-refractivity contribution < 1.29 is 14.7 Å². The number of nitrogen functional groups attached to an aromatic ring is 1. The number of carbonyl (C=O) groups excluding carboxylic acids is 2. The molecule has 1 saturated heterocycles. The van der Waals surface area contributed by atoms with E-state index in [1.54, 1.807) is 23.5 Å². The van der Waals surface area contributed by atoms with Crippen LogP contribution in [0.25, 0.3) is 0 Å². The van der Waals surface area contributed by atoms with Gasteiger partial charge in [-0.15, -0.1) is 6.58 Å². The number of benzene rings is 2. The van der Waals surface area contributed by atoms with Crippen LogP contribution in [-0.4, -0.2) is 82.5 Å². The number of aldehydes is 1. The summed E-state index contributed by atoms with van der Waals surface area (Å²) in [5.41, 5.74) is 8.91. The Morgan fingerprint density at radius 3 is 2.45 bits per heavy atom. The van der Waals surface area contributed by atoms with Crippen LogP contribution in [0.1, 0.15) is 59.5 Å². The number of piperazine rings is 1. The number of hydrogen-bond acceptors (Lipinski definition) is 10. The number of phenols is 1. The lowest BCUT2D eigenvalue weighted by atomic mass is 9.66. The summed E-state index contributed by atoms with van der Waals surface area (Å²) in [6, 6.07) is 17.9. The summed E-state index contributed by atoms with van der Waals surface area (Å²) in [7, 11) is 0. The number of aromatic hydroxyl groups is 1. The molecule has 3 unspecified atom stereocenters. The zero-order valence-electron chi connectivity index (χ0n) is 28.5. The maximum Gasteiger partial charge on any atom is 0.254 e. The Labute approximate surface area is 288 Å². The third-order valence-electron chi connectivity index (χ3n) is 10.3. The van der Waals surface area contributed by atoms with Crippen molar-refractivity contribution in [2.75, 3.05) is 36.8 Å². The number of nitriles is 1. The minimum Gasteiger partial charge on any atom is -0.507 e. The molecule has 11 heteroatoms. The van der Waals surface area contributed by atoms with Crippen LogP contribution < -0.4 is 10.6 Å². The predicted molar refractivity (Wildman–Crippen MR) is 193 cm³/mol. The average Bonchev–Trinajstić information content (AvgIpc) is 3.12. The van der Waals surface area contributed by atoms with E-state index >= 15 is 0 Å². The summed E-state index contributed by atoms with van der Waals surface area (Å²) in [4.78, 5) is 44.4. The van der Waals surface area contributed by atoms with Gasteiger partial charge in [0.05, 0.1) is 29.6 Å². The molecule has 49 heavy (non-hydrogen) atoms. The van der Waals surface area contributed by atoms with Gasteiger partial charge in [0.2, 0.25) is 0 Å². The van der Waals surface area contributed by atoms with Gasteiger partial charge in [0.25, 0.3) is 5.91 Å². The largest absolute Gasteiger partial charge is 0.507 e. The average molecular weight is 661 g/mol. The lowest BCUT2D eigenvalue weighted by Crippen LogP contribution is -2.48. The van der Waals surface area contributed by atoms with Gasteiger partial charge in [-0.3, -0.25) is 29.4 Å². The van der Waals surface area contributed by atoms with Gasteiger partial charge in [0.1, 0.15) is 23.4 Å². The van der Waals surface area contributed by atoms with Crippen LogP contribution in [0.5, 0.6) is 5.75 Å². The smallest absolute Gasteiger partial charge is 0.254 e. The maximum atomic E-state index is 13.0. The number of phenolic OH excluding ortho intramolecular Hbond substituents is 1. The molecular weight excluding hydrogens is 616 g/mol. The monoisotopic (exact) mass is 660 g/mol. The van der Waals surface area contributed by atoms with Crippen molar-refractivity contribution in [1.29, 1.82) is 5.26 Å². The SMILES string of the molecule is C=CC1(C)C(C#N)/N=C/N(c2ccc(CN3CCN(C(=O)c4ccc(C=O)c(O)c4)CC3)cc2)/C(c2cccnc2N)=N\C(C)[C@H](C)[C@H]1C. The number of pyridine rings is 1. The van der Waals surface area contributed by atoms with Crippen LogP contribution in [0.2, 0.25) is 0 Å². The molecule has 1 amide bonds. The number of amidine groups is 1. The highest BCUT2D eigenvalue weighted by atomic mass is 16.3. The van der Waals surface area contributed by atoms with Crippen molar-refractivity contribution in [2.24, 2.45) is 27.2 Å². The van der Waals surface area contributed by atoms with E-state index in [0.29, 0.717) is 61.8 Å². The van der Waals surface area contributed by atoms with E-state index in [-0.39, 0.29) is 35.1 Å². The summed E-state index contributed by atoms with van der Waals surface area (Å²) in [5.74, 6) is 0.735. The van der Waals surface area contributed by atoms with Crippen molar-refractivity contribution in [3.8, 4) is 11.8 Å². The van der Waals surface area contributed by atoms with Crippen molar-refractivity contribution in [2.45, 2.75) is 46.3 Å². The number of nitrogens with zero attached hydrogens (tertiary/aromatic N) is 7. The molecule has 5 rings (SSSR count). The quantitative estimate of drug-likeness (QED) is 0.260. The maximum absolute atomic E-state index is 13.0. The molecule has 1 fully saturated rings. The molecule has 2 aromatic carbocycles. The van der Waals surface area contributed by atoms with E-state index in [1.165, 1.54) is 12.1 Å². The minimum atomic E-state index is -0.672. The second-order valence-corrected chi connectivity index (χ2v) is 13.1. The normalized spacial score (nSPS) is 26.6. The lowest BCUT2D eigenvalue weighted by Gasteiger charge is -2.40. The van der Waals surface area contributed by atoms with Crippen LogP contribution in [-0.2, 0) is 6.54 Å². The fourth-order valence-electron chi connectivity index (χ4n) is 6.51. The Balaban J connectivity index is 1.38. The van der Waals surface area contributed by atoms with E-state index in [0.717, 1.165) is 11.3 Å². The summed E-state index contributed by atoms with van der Waals surface area (Å²) >= 11 is 0. The summed E-state index contributed by atoms with van der Waals surface area (Å²) < 4.78 is 0. The first-order chi connectivity index (χ1) is 23.5. The molecule has 0 spiro atoms. The van der Waals surface area contributed by atoms with Gasteiger partial charge in [-0.05, 0) is 66.8 Å². The number of carbonyl (C=O) groups is 2. The van der Waals surface area contributed by atoms with Crippen LogP contribution in [0.3, 0.4) is 0 Å². The van der Waals surface area contributed by atoms with Crippen LogP contribution >= 0.6 is 0 Å². The van der Waals surface area contributed by atoms with E-state index in [4.69, 9.17) is 15.7 Å². The molecule has 0 radical (unpaired) electrons. The number of anilines is 2. The highest BCUT2D eigenvalue weighted by Gasteiger charge is 2.41. The Bertz CT molecular complexity index is 1790. The van der Waals surface area contributed by atoms with Gasteiger partial charge >= 0.3 is 0 Å². The Hall–Kier alpha value is -5.34. The van der Waals surface area contributed by atoms with Gasteiger partial charge in [0.15, 0.2) is 6.29 Å². The molecule has 3 heterocycles. The van der Waals surface area contributed by atoms with Gasteiger partial charge < -0.3 is 15.7 Å². The molecule has 0 aliphatic carbocycles. The molecule has 1 aromatic heterocycles. The third kappa shape index (κ3) is 7.25. The first kappa shape index (κ1) is 35.0. The topological polar surface area (TPSA) is 152 Å². The van der Waals surface area contributed by atoms with Gasteiger partial charge in [0, 0.05) is 55.6 Å². The highest BCUT2D eigenvalue weighted by molar-refractivity contribution is 6.21. The third-order valence-corrected chi connectivity index (χ3v) is 10.3. The molecule has 2 aliphatic heterocycles. The predicted octanol–water partition coefficient (Wildman–Crippen LogP) is 5.18. The second-order valence-electron chi connectivity index (χ2n) is 13.1.